The molecular weight excluding hydrogens is 124 g/mol. The van der Waals surface area contributed by atoms with Crippen LogP contribution in [0.25, 0.3) is 0 Å². The van der Waals surface area contributed by atoms with Crippen molar-refractivity contribution in [1.82, 2.24) is 0 Å². The summed E-state index contributed by atoms with van der Waals surface area (Å²) in [7, 11) is 0. The second-order valence-corrected chi connectivity index (χ2v) is 3.89. The summed E-state index contributed by atoms with van der Waals surface area (Å²) in [4.78, 5) is 0. The van der Waals surface area contributed by atoms with E-state index in [4.69, 9.17) is 4.74 Å². The maximum Gasteiger partial charge on any atom is 0.0704 e. The van der Waals surface area contributed by atoms with Crippen molar-refractivity contribution in [3.8, 4) is 0 Å². The van der Waals surface area contributed by atoms with E-state index in [9.17, 15) is 0 Å². The zero-order valence-corrected chi connectivity index (χ0v) is 6.73. The third-order valence-corrected chi connectivity index (χ3v) is 3.25. The van der Waals surface area contributed by atoms with Crippen molar-refractivity contribution in [2.24, 2.45) is 5.92 Å². The maximum atomic E-state index is 5.60. The molecule has 2 aliphatic rings. The largest absolute Gasteiger partial charge is 0.375 e. The highest BCUT2D eigenvalue weighted by Crippen LogP contribution is 2.42. The Kier molecular flexibility index (Phi) is 1.48. The van der Waals surface area contributed by atoms with E-state index in [1.807, 2.05) is 0 Å². The van der Waals surface area contributed by atoms with Gasteiger partial charge < -0.3 is 4.74 Å². The van der Waals surface area contributed by atoms with E-state index in [1.54, 1.807) is 0 Å². The fourth-order valence-electron chi connectivity index (χ4n) is 2.28. The number of ether oxygens (including phenoxy) is 1. The van der Waals surface area contributed by atoms with Crippen LogP contribution in [0.1, 0.15) is 39.0 Å². The van der Waals surface area contributed by atoms with E-state index in [-0.39, 0.29) is 0 Å². The van der Waals surface area contributed by atoms with Gasteiger partial charge in [0.25, 0.3) is 0 Å². The summed E-state index contributed by atoms with van der Waals surface area (Å²) in [5.41, 5.74) is 0.302. The molecule has 1 unspecified atom stereocenters. The standard InChI is InChI=1S/C9H16O/c1-9(6-7-10-9)8-4-2-3-5-8/h8H,2-7H2,1H3. The maximum absolute atomic E-state index is 5.60. The van der Waals surface area contributed by atoms with Gasteiger partial charge in [-0.05, 0) is 32.1 Å². The van der Waals surface area contributed by atoms with Gasteiger partial charge in [-0.3, -0.25) is 0 Å². The fraction of sp³-hybridized carbons (Fsp3) is 1.00. The van der Waals surface area contributed by atoms with Crippen LogP contribution < -0.4 is 0 Å². The molecule has 0 spiro atoms. The second kappa shape index (κ2) is 2.23. The predicted octanol–water partition coefficient (Wildman–Crippen LogP) is 2.36. The lowest BCUT2D eigenvalue weighted by Crippen LogP contribution is -2.46. The monoisotopic (exact) mass is 140 g/mol. The molecule has 1 aliphatic carbocycles. The minimum absolute atomic E-state index is 0.302. The zero-order valence-electron chi connectivity index (χ0n) is 6.73. The lowest BCUT2D eigenvalue weighted by atomic mass is 9.82. The molecule has 0 N–H and O–H groups in total. The van der Waals surface area contributed by atoms with Gasteiger partial charge in [-0.15, -0.1) is 0 Å². The normalized spacial score (nSPS) is 41.7. The Balaban J connectivity index is 1.96. The smallest absolute Gasteiger partial charge is 0.0704 e. The van der Waals surface area contributed by atoms with Gasteiger partial charge in [-0.2, -0.15) is 0 Å². The Morgan fingerprint density at radius 1 is 1.30 bits per heavy atom. The molecule has 0 radical (unpaired) electrons. The minimum atomic E-state index is 0.302. The molecule has 0 amide bonds. The lowest BCUT2D eigenvalue weighted by molar-refractivity contribution is -0.167. The summed E-state index contributed by atoms with van der Waals surface area (Å²) in [6.07, 6.45) is 7.00. The highest BCUT2D eigenvalue weighted by Gasteiger charge is 2.41. The SMILES string of the molecule is CC1(C2CCCC2)CCO1. The van der Waals surface area contributed by atoms with Crippen LogP contribution in [0.15, 0.2) is 0 Å². The first-order valence-electron chi connectivity index (χ1n) is 4.45. The summed E-state index contributed by atoms with van der Waals surface area (Å²) in [5, 5.41) is 0. The van der Waals surface area contributed by atoms with Crippen LogP contribution in [0.5, 0.6) is 0 Å². The molecule has 2 fully saturated rings. The van der Waals surface area contributed by atoms with Crippen molar-refractivity contribution in [3.63, 3.8) is 0 Å². The quantitative estimate of drug-likeness (QED) is 0.543. The molecule has 10 heavy (non-hydrogen) atoms. The third-order valence-electron chi connectivity index (χ3n) is 3.25. The summed E-state index contributed by atoms with van der Waals surface area (Å²) in [6.45, 7) is 3.29. The lowest BCUT2D eigenvalue weighted by Gasteiger charge is -2.43. The fourth-order valence-corrected chi connectivity index (χ4v) is 2.28. The molecule has 1 atom stereocenters. The molecular formula is C9H16O. The summed E-state index contributed by atoms with van der Waals surface area (Å²) >= 11 is 0. The predicted molar refractivity (Wildman–Crippen MR) is 40.9 cm³/mol. The first-order chi connectivity index (χ1) is 4.81. The average Bonchev–Trinajstić information content (AvgIpc) is 2.33. The van der Waals surface area contributed by atoms with Crippen molar-refractivity contribution in [2.45, 2.75) is 44.6 Å². The molecule has 1 aliphatic heterocycles. The van der Waals surface area contributed by atoms with E-state index in [1.165, 1.54) is 32.1 Å². The van der Waals surface area contributed by atoms with Crippen molar-refractivity contribution >= 4 is 0 Å². The molecule has 1 heterocycles. The molecule has 1 saturated heterocycles. The van der Waals surface area contributed by atoms with Gasteiger partial charge in [-0.25, -0.2) is 0 Å². The van der Waals surface area contributed by atoms with Gasteiger partial charge >= 0.3 is 0 Å². The first kappa shape index (κ1) is 6.66. The number of hydrogen-bond donors (Lipinski definition) is 0. The van der Waals surface area contributed by atoms with Crippen LogP contribution in [0.3, 0.4) is 0 Å². The summed E-state index contributed by atoms with van der Waals surface area (Å²) < 4.78 is 5.60. The van der Waals surface area contributed by atoms with Crippen LogP contribution in [0.4, 0.5) is 0 Å². The average molecular weight is 140 g/mol. The Morgan fingerprint density at radius 3 is 2.30 bits per heavy atom. The van der Waals surface area contributed by atoms with Crippen molar-refractivity contribution in [1.29, 1.82) is 0 Å². The first-order valence-corrected chi connectivity index (χ1v) is 4.45. The highest BCUT2D eigenvalue weighted by molar-refractivity contribution is 4.91. The van der Waals surface area contributed by atoms with Crippen LogP contribution >= 0.6 is 0 Å². The second-order valence-electron chi connectivity index (χ2n) is 3.89. The Morgan fingerprint density at radius 2 is 1.90 bits per heavy atom. The number of rotatable bonds is 1. The van der Waals surface area contributed by atoms with Gasteiger partial charge in [-0.1, -0.05) is 12.8 Å². The van der Waals surface area contributed by atoms with Gasteiger partial charge in [0.2, 0.25) is 0 Å². The van der Waals surface area contributed by atoms with Gasteiger partial charge in [0.1, 0.15) is 0 Å². The van der Waals surface area contributed by atoms with E-state index < -0.39 is 0 Å². The van der Waals surface area contributed by atoms with E-state index in [0.29, 0.717) is 5.60 Å². The van der Waals surface area contributed by atoms with Crippen molar-refractivity contribution in [3.05, 3.63) is 0 Å². The molecule has 58 valence electrons. The molecule has 0 aromatic heterocycles. The molecule has 0 aromatic carbocycles. The van der Waals surface area contributed by atoms with E-state index >= 15 is 0 Å². The van der Waals surface area contributed by atoms with Crippen LogP contribution in [0, 0.1) is 5.92 Å². The highest BCUT2D eigenvalue weighted by atomic mass is 16.5. The third kappa shape index (κ3) is 0.878. The van der Waals surface area contributed by atoms with Crippen molar-refractivity contribution in [2.75, 3.05) is 6.61 Å². The van der Waals surface area contributed by atoms with Crippen molar-refractivity contribution < 1.29 is 4.74 Å². The van der Waals surface area contributed by atoms with Crippen LogP contribution in [-0.2, 0) is 4.74 Å². The molecule has 0 aromatic rings. The van der Waals surface area contributed by atoms with E-state index in [0.717, 1.165) is 12.5 Å². The van der Waals surface area contributed by atoms with Gasteiger partial charge in [0.05, 0.1) is 12.2 Å². The zero-order chi connectivity index (χ0) is 7.03. The molecule has 0 bridgehead atoms. The Labute approximate surface area is 62.8 Å². The number of hydrogen-bond acceptors (Lipinski definition) is 1. The topological polar surface area (TPSA) is 9.23 Å². The summed E-state index contributed by atoms with van der Waals surface area (Å²) in [5.74, 6) is 0.890. The van der Waals surface area contributed by atoms with Gasteiger partial charge in [0.15, 0.2) is 0 Å². The van der Waals surface area contributed by atoms with E-state index in [2.05, 4.69) is 6.92 Å². The Hall–Kier alpha value is -0.0400. The van der Waals surface area contributed by atoms with Crippen LogP contribution in [0.2, 0.25) is 0 Å². The Bertz CT molecular complexity index is 121. The minimum Gasteiger partial charge on any atom is -0.375 e. The molecule has 2 rings (SSSR count). The molecule has 1 nitrogen and oxygen atoms in total. The molecule has 1 saturated carbocycles. The van der Waals surface area contributed by atoms with Gasteiger partial charge in [0, 0.05) is 0 Å². The molecule has 1 heteroatoms. The summed E-state index contributed by atoms with van der Waals surface area (Å²) in [6, 6.07) is 0. The van der Waals surface area contributed by atoms with Crippen LogP contribution in [-0.4, -0.2) is 12.2 Å².